The molecule has 18 heavy (non-hydrogen) atoms. The van der Waals surface area contributed by atoms with Crippen LogP contribution < -0.4 is 5.32 Å². The topological polar surface area (TPSA) is 49.3 Å². The average molecular weight is 247 g/mol. The Hall–Kier alpha value is -1.51. The number of aryl methyl sites for hydroxylation is 1. The van der Waals surface area contributed by atoms with Crippen molar-refractivity contribution in [2.45, 2.75) is 40.7 Å². The number of aromatic hydroxyl groups is 1. The van der Waals surface area contributed by atoms with Gasteiger partial charge >= 0.3 is 0 Å². The van der Waals surface area contributed by atoms with Crippen LogP contribution in [0.1, 0.15) is 43.6 Å². The normalized spacial score (nSPS) is 20.5. The Bertz CT molecular complexity index is 489. The molecule has 0 atom stereocenters. The van der Waals surface area contributed by atoms with Crippen LogP contribution >= 0.6 is 0 Å². The fraction of sp³-hybridized carbons (Fsp3) is 0.533. The van der Waals surface area contributed by atoms with Gasteiger partial charge in [-0.05, 0) is 35.4 Å². The minimum absolute atomic E-state index is 0.0452. The summed E-state index contributed by atoms with van der Waals surface area (Å²) in [5.74, 6) is -0.153. The second kappa shape index (κ2) is 3.74. The smallest absolute Gasteiger partial charge is 0.255 e. The third-order valence-corrected chi connectivity index (χ3v) is 4.69. The van der Waals surface area contributed by atoms with E-state index >= 15 is 0 Å². The fourth-order valence-corrected chi connectivity index (χ4v) is 2.60. The van der Waals surface area contributed by atoms with Gasteiger partial charge in [-0.1, -0.05) is 33.8 Å². The number of hydrogen-bond acceptors (Lipinski definition) is 2. The van der Waals surface area contributed by atoms with Gasteiger partial charge in [0.1, 0.15) is 5.75 Å². The monoisotopic (exact) mass is 247 g/mol. The number of carbonyl (C=O) groups is 1. The molecule has 2 rings (SSSR count). The molecule has 1 amide bonds. The Morgan fingerprint density at radius 2 is 1.78 bits per heavy atom. The highest BCUT2D eigenvalue weighted by Crippen LogP contribution is 2.62. The largest absolute Gasteiger partial charge is 0.507 e. The highest BCUT2D eigenvalue weighted by Gasteiger charge is 2.65. The van der Waals surface area contributed by atoms with Crippen LogP contribution in [0.15, 0.2) is 18.2 Å². The zero-order chi connectivity index (χ0) is 13.7. The van der Waals surface area contributed by atoms with E-state index in [4.69, 9.17) is 0 Å². The van der Waals surface area contributed by atoms with E-state index in [9.17, 15) is 9.90 Å². The molecule has 3 heteroatoms. The van der Waals surface area contributed by atoms with Crippen molar-refractivity contribution in [2.75, 3.05) is 0 Å². The molecule has 0 spiro atoms. The summed E-state index contributed by atoms with van der Waals surface area (Å²) >= 11 is 0. The van der Waals surface area contributed by atoms with Crippen LogP contribution in [0.4, 0.5) is 0 Å². The number of phenols is 1. The van der Waals surface area contributed by atoms with E-state index in [0.29, 0.717) is 5.56 Å². The van der Waals surface area contributed by atoms with Gasteiger partial charge in [0, 0.05) is 6.04 Å². The van der Waals surface area contributed by atoms with E-state index in [-0.39, 0.29) is 28.5 Å². The van der Waals surface area contributed by atoms with Crippen LogP contribution in [0.25, 0.3) is 0 Å². The van der Waals surface area contributed by atoms with Crippen LogP contribution in [-0.2, 0) is 0 Å². The molecule has 0 aromatic heterocycles. The molecule has 0 heterocycles. The van der Waals surface area contributed by atoms with Crippen LogP contribution in [-0.4, -0.2) is 17.1 Å². The summed E-state index contributed by atoms with van der Waals surface area (Å²) in [6.45, 7) is 10.5. The maximum Gasteiger partial charge on any atom is 0.255 e. The zero-order valence-corrected chi connectivity index (χ0v) is 11.7. The molecule has 0 unspecified atom stereocenters. The number of rotatable bonds is 2. The Kier molecular flexibility index (Phi) is 2.69. The van der Waals surface area contributed by atoms with Crippen LogP contribution in [0, 0.1) is 17.8 Å². The molecule has 3 nitrogen and oxygen atoms in total. The van der Waals surface area contributed by atoms with E-state index in [1.807, 2.05) is 13.0 Å². The average Bonchev–Trinajstić information content (AvgIpc) is 2.60. The number of amides is 1. The lowest BCUT2D eigenvalue weighted by atomic mass is 10.0. The van der Waals surface area contributed by atoms with Gasteiger partial charge in [0.25, 0.3) is 5.91 Å². The van der Waals surface area contributed by atoms with Crippen molar-refractivity contribution in [1.29, 1.82) is 0 Å². The Labute approximate surface area is 108 Å². The van der Waals surface area contributed by atoms with Gasteiger partial charge in [-0.2, -0.15) is 0 Å². The molecule has 1 fully saturated rings. The summed E-state index contributed by atoms with van der Waals surface area (Å²) in [4.78, 5) is 12.1. The van der Waals surface area contributed by atoms with E-state index in [1.165, 1.54) is 0 Å². The lowest BCUT2D eigenvalue weighted by Crippen LogP contribution is -2.29. The van der Waals surface area contributed by atoms with Crippen molar-refractivity contribution in [3.8, 4) is 5.75 Å². The maximum absolute atomic E-state index is 12.1. The van der Waals surface area contributed by atoms with Gasteiger partial charge in [-0.15, -0.1) is 0 Å². The van der Waals surface area contributed by atoms with Crippen molar-refractivity contribution in [2.24, 2.45) is 10.8 Å². The van der Waals surface area contributed by atoms with Crippen LogP contribution in [0.5, 0.6) is 5.75 Å². The lowest BCUT2D eigenvalue weighted by molar-refractivity contribution is 0.0941. The van der Waals surface area contributed by atoms with E-state index in [1.54, 1.807) is 12.1 Å². The molecule has 1 aliphatic carbocycles. The molecule has 98 valence electrons. The summed E-state index contributed by atoms with van der Waals surface area (Å²) in [6.07, 6.45) is 0. The van der Waals surface area contributed by atoms with Gasteiger partial charge in [-0.25, -0.2) is 0 Å². The van der Waals surface area contributed by atoms with Crippen LogP contribution in [0.2, 0.25) is 0 Å². The first-order valence-electron chi connectivity index (χ1n) is 6.28. The quantitative estimate of drug-likeness (QED) is 0.844. The molecule has 1 saturated carbocycles. The van der Waals surface area contributed by atoms with E-state index in [2.05, 4.69) is 33.0 Å². The standard InChI is InChI=1S/C15H21NO2/c1-9-6-7-10(11(17)8-9)12(18)16-13-14(2,3)15(13,4)5/h6-8,13,17H,1-5H3,(H,16,18). The van der Waals surface area contributed by atoms with Crippen molar-refractivity contribution < 1.29 is 9.90 Å². The number of carbonyl (C=O) groups excluding carboxylic acids is 1. The summed E-state index contributed by atoms with van der Waals surface area (Å²) < 4.78 is 0. The molecule has 0 bridgehead atoms. The third-order valence-electron chi connectivity index (χ3n) is 4.69. The minimum Gasteiger partial charge on any atom is -0.507 e. The molecule has 0 saturated heterocycles. The van der Waals surface area contributed by atoms with Crippen LogP contribution in [0.3, 0.4) is 0 Å². The third kappa shape index (κ3) is 1.78. The minimum atomic E-state index is -0.198. The highest BCUT2D eigenvalue weighted by atomic mass is 16.3. The molecule has 0 radical (unpaired) electrons. The molecular weight excluding hydrogens is 226 g/mol. The predicted molar refractivity (Wildman–Crippen MR) is 71.7 cm³/mol. The first kappa shape index (κ1) is 12.9. The molecule has 2 N–H and O–H groups in total. The number of nitrogens with one attached hydrogen (secondary N) is 1. The molecule has 1 aromatic carbocycles. The van der Waals surface area contributed by atoms with Crippen molar-refractivity contribution in [1.82, 2.24) is 5.32 Å². The summed E-state index contributed by atoms with van der Waals surface area (Å²) in [5, 5.41) is 12.8. The van der Waals surface area contributed by atoms with Gasteiger partial charge < -0.3 is 10.4 Å². The predicted octanol–water partition coefficient (Wildman–Crippen LogP) is 2.87. The van der Waals surface area contributed by atoms with Gasteiger partial charge in [0.15, 0.2) is 0 Å². The van der Waals surface area contributed by atoms with Gasteiger partial charge in [0.2, 0.25) is 0 Å². The number of hydrogen-bond donors (Lipinski definition) is 2. The SMILES string of the molecule is Cc1ccc(C(=O)NC2C(C)(C)C2(C)C)c(O)c1. The molecule has 0 aliphatic heterocycles. The van der Waals surface area contributed by atoms with Crippen molar-refractivity contribution in [3.05, 3.63) is 29.3 Å². The Morgan fingerprint density at radius 1 is 1.22 bits per heavy atom. The molecule has 1 aliphatic rings. The first-order valence-corrected chi connectivity index (χ1v) is 6.28. The first-order chi connectivity index (χ1) is 8.18. The van der Waals surface area contributed by atoms with Gasteiger partial charge in [-0.3, -0.25) is 4.79 Å². The lowest BCUT2D eigenvalue weighted by Gasteiger charge is -2.08. The van der Waals surface area contributed by atoms with E-state index < -0.39 is 0 Å². The molecular formula is C15H21NO2. The molecule has 1 aromatic rings. The van der Waals surface area contributed by atoms with Gasteiger partial charge in [0.05, 0.1) is 5.56 Å². The Morgan fingerprint density at radius 3 is 2.22 bits per heavy atom. The van der Waals surface area contributed by atoms with Crippen molar-refractivity contribution >= 4 is 5.91 Å². The summed E-state index contributed by atoms with van der Waals surface area (Å²) in [6, 6.07) is 5.26. The number of phenolic OH excluding ortho intramolecular Hbond substituents is 1. The second-order valence-corrected chi connectivity index (χ2v) is 6.37. The second-order valence-electron chi connectivity index (χ2n) is 6.37. The summed E-state index contributed by atoms with van der Waals surface area (Å²) in [7, 11) is 0. The fourth-order valence-electron chi connectivity index (χ4n) is 2.60. The highest BCUT2D eigenvalue weighted by molar-refractivity contribution is 5.97. The summed E-state index contributed by atoms with van der Waals surface area (Å²) in [5.41, 5.74) is 1.49. The van der Waals surface area contributed by atoms with Crippen molar-refractivity contribution in [3.63, 3.8) is 0 Å². The number of benzene rings is 1. The maximum atomic E-state index is 12.1. The zero-order valence-electron chi connectivity index (χ0n) is 11.7. The van der Waals surface area contributed by atoms with E-state index in [0.717, 1.165) is 5.56 Å². The Balaban J connectivity index is 2.15.